The van der Waals surface area contributed by atoms with Crippen molar-refractivity contribution < 1.29 is 0 Å². The Balaban J connectivity index is 1.92. The van der Waals surface area contributed by atoms with Crippen LogP contribution in [0.1, 0.15) is 11.1 Å². The highest BCUT2D eigenvalue weighted by molar-refractivity contribution is 5.42. The third-order valence-electron chi connectivity index (χ3n) is 3.24. The number of hydrogen-bond donors (Lipinski definition) is 2. The fraction of sp³-hybridized carbons (Fsp3) is 0.231. The Morgan fingerprint density at radius 1 is 1.28 bits per heavy atom. The molecule has 5 heteroatoms. The molecule has 1 aliphatic heterocycles. The van der Waals surface area contributed by atoms with Crippen molar-refractivity contribution >= 4 is 11.6 Å². The van der Waals surface area contributed by atoms with Gasteiger partial charge in [0.05, 0.1) is 6.20 Å². The monoisotopic (exact) mass is 242 g/mol. The van der Waals surface area contributed by atoms with Crippen molar-refractivity contribution in [3.63, 3.8) is 0 Å². The van der Waals surface area contributed by atoms with E-state index in [1.165, 1.54) is 17.3 Å². The minimum atomic E-state index is -0.279. The van der Waals surface area contributed by atoms with Crippen molar-refractivity contribution in [3.8, 4) is 0 Å². The standard InChI is InChI=1S/C13H14N4O/c14-11-7-15-13(16-12(11)18)17-6-5-9-3-1-2-4-10(9)8-17/h1-4,7H,5-6,8,14H2,(H,15,16,18). The normalized spacial score (nSPS) is 14.3. The van der Waals surface area contributed by atoms with E-state index >= 15 is 0 Å². The summed E-state index contributed by atoms with van der Waals surface area (Å²) in [6.07, 6.45) is 2.37. The Morgan fingerprint density at radius 2 is 2.06 bits per heavy atom. The second-order valence-electron chi connectivity index (χ2n) is 4.43. The summed E-state index contributed by atoms with van der Waals surface area (Å²) in [5, 5.41) is 0. The fourth-order valence-corrected chi connectivity index (χ4v) is 2.23. The highest BCUT2D eigenvalue weighted by Gasteiger charge is 2.17. The molecule has 0 amide bonds. The number of nitrogens with two attached hydrogens (primary N) is 1. The lowest BCUT2D eigenvalue weighted by Crippen LogP contribution is -2.33. The van der Waals surface area contributed by atoms with Crippen LogP contribution in [0.25, 0.3) is 0 Å². The Hall–Kier alpha value is -2.30. The van der Waals surface area contributed by atoms with E-state index < -0.39 is 0 Å². The summed E-state index contributed by atoms with van der Waals surface area (Å²) in [6.45, 7) is 1.62. The number of fused-ring (bicyclic) bond motifs is 1. The van der Waals surface area contributed by atoms with E-state index in [1.807, 2.05) is 6.07 Å². The van der Waals surface area contributed by atoms with Gasteiger partial charge in [0.2, 0.25) is 5.95 Å². The second-order valence-corrected chi connectivity index (χ2v) is 4.43. The van der Waals surface area contributed by atoms with Crippen molar-refractivity contribution in [2.45, 2.75) is 13.0 Å². The summed E-state index contributed by atoms with van der Waals surface area (Å²) >= 11 is 0. The van der Waals surface area contributed by atoms with Crippen LogP contribution in [-0.4, -0.2) is 16.5 Å². The SMILES string of the molecule is Nc1cnc(N2CCc3ccccc3C2)[nH]c1=O. The molecule has 0 aliphatic carbocycles. The van der Waals surface area contributed by atoms with Gasteiger partial charge in [-0.2, -0.15) is 0 Å². The van der Waals surface area contributed by atoms with Gasteiger partial charge in [0, 0.05) is 13.1 Å². The van der Waals surface area contributed by atoms with E-state index in [0.717, 1.165) is 19.5 Å². The van der Waals surface area contributed by atoms with Crippen LogP contribution < -0.4 is 16.2 Å². The maximum absolute atomic E-state index is 11.5. The molecule has 5 nitrogen and oxygen atoms in total. The van der Waals surface area contributed by atoms with Crippen molar-refractivity contribution in [1.29, 1.82) is 0 Å². The third kappa shape index (κ3) is 1.84. The van der Waals surface area contributed by atoms with Crippen LogP contribution in [-0.2, 0) is 13.0 Å². The van der Waals surface area contributed by atoms with Gasteiger partial charge in [0.15, 0.2) is 0 Å². The number of aromatic amines is 1. The summed E-state index contributed by atoms with van der Waals surface area (Å²) < 4.78 is 0. The predicted octanol–water partition coefficient (Wildman–Crippen LogP) is 0.915. The van der Waals surface area contributed by atoms with Crippen LogP contribution in [0.5, 0.6) is 0 Å². The first-order valence-corrected chi connectivity index (χ1v) is 5.90. The molecule has 3 N–H and O–H groups in total. The molecule has 2 aromatic rings. The van der Waals surface area contributed by atoms with Gasteiger partial charge in [-0.3, -0.25) is 9.78 Å². The summed E-state index contributed by atoms with van der Waals surface area (Å²) in [5.41, 5.74) is 7.99. The number of nitrogen functional groups attached to an aromatic ring is 1. The fourth-order valence-electron chi connectivity index (χ4n) is 2.23. The zero-order valence-electron chi connectivity index (χ0n) is 9.89. The van der Waals surface area contributed by atoms with Gasteiger partial charge in [0.25, 0.3) is 5.56 Å². The predicted molar refractivity (Wildman–Crippen MR) is 70.5 cm³/mol. The number of H-pyrrole nitrogens is 1. The average Bonchev–Trinajstić information content (AvgIpc) is 2.41. The van der Waals surface area contributed by atoms with E-state index in [1.54, 1.807) is 0 Å². The van der Waals surface area contributed by atoms with Crippen molar-refractivity contribution in [1.82, 2.24) is 9.97 Å². The summed E-state index contributed by atoms with van der Waals surface area (Å²) in [6, 6.07) is 8.34. The first-order chi connectivity index (χ1) is 8.74. The molecule has 0 saturated heterocycles. The van der Waals surface area contributed by atoms with Crippen molar-refractivity contribution in [2.24, 2.45) is 0 Å². The molecule has 0 bridgehead atoms. The molecule has 0 fully saturated rings. The average molecular weight is 242 g/mol. The Morgan fingerprint density at radius 3 is 2.83 bits per heavy atom. The molecule has 1 aromatic heterocycles. The Bertz CT molecular complexity index is 635. The van der Waals surface area contributed by atoms with Crippen LogP contribution in [0.4, 0.5) is 11.6 Å². The number of aromatic nitrogens is 2. The maximum atomic E-state index is 11.5. The van der Waals surface area contributed by atoms with Crippen LogP contribution in [0.15, 0.2) is 35.3 Å². The summed E-state index contributed by atoms with van der Waals surface area (Å²) in [7, 11) is 0. The van der Waals surface area contributed by atoms with Gasteiger partial charge < -0.3 is 10.6 Å². The third-order valence-corrected chi connectivity index (χ3v) is 3.24. The molecule has 0 radical (unpaired) electrons. The first kappa shape index (κ1) is 10.8. The maximum Gasteiger partial charge on any atom is 0.275 e. The lowest BCUT2D eigenvalue weighted by atomic mass is 10.0. The quantitative estimate of drug-likeness (QED) is 0.779. The van der Waals surface area contributed by atoms with E-state index in [0.29, 0.717) is 5.95 Å². The zero-order chi connectivity index (χ0) is 12.5. The molecule has 3 rings (SSSR count). The highest BCUT2D eigenvalue weighted by Crippen LogP contribution is 2.20. The molecule has 18 heavy (non-hydrogen) atoms. The minimum absolute atomic E-state index is 0.149. The zero-order valence-corrected chi connectivity index (χ0v) is 9.89. The molecule has 92 valence electrons. The van der Waals surface area contributed by atoms with Crippen LogP contribution in [0, 0.1) is 0 Å². The van der Waals surface area contributed by atoms with Crippen molar-refractivity contribution in [2.75, 3.05) is 17.2 Å². The van der Waals surface area contributed by atoms with Gasteiger partial charge in [-0.25, -0.2) is 4.98 Å². The number of anilines is 2. The van der Waals surface area contributed by atoms with E-state index in [4.69, 9.17) is 5.73 Å². The summed E-state index contributed by atoms with van der Waals surface area (Å²) in [5.74, 6) is 0.587. The molecule has 0 unspecified atom stereocenters. The van der Waals surface area contributed by atoms with Gasteiger partial charge in [-0.15, -0.1) is 0 Å². The number of nitrogens with one attached hydrogen (secondary N) is 1. The van der Waals surface area contributed by atoms with Gasteiger partial charge >= 0.3 is 0 Å². The first-order valence-electron chi connectivity index (χ1n) is 5.90. The van der Waals surface area contributed by atoms with Crippen LogP contribution >= 0.6 is 0 Å². The minimum Gasteiger partial charge on any atom is -0.393 e. The summed E-state index contributed by atoms with van der Waals surface area (Å²) in [4.78, 5) is 20.4. The van der Waals surface area contributed by atoms with Gasteiger partial charge in [-0.05, 0) is 17.5 Å². The number of hydrogen-bond acceptors (Lipinski definition) is 4. The molecular weight excluding hydrogens is 228 g/mol. The molecule has 1 aromatic carbocycles. The smallest absolute Gasteiger partial charge is 0.275 e. The molecular formula is C13H14N4O. The van der Waals surface area contributed by atoms with Gasteiger partial charge in [0.1, 0.15) is 5.69 Å². The molecule has 1 aliphatic rings. The highest BCUT2D eigenvalue weighted by atomic mass is 16.1. The number of rotatable bonds is 1. The second kappa shape index (κ2) is 4.18. The Labute approximate surface area is 104 Å². The van der Waals surface area contributed by atoms with Crippen LogP contribution in [0.2, 0.25) is 0 Å². The lowest BCUT2D eigenvalue weighted by molar-refractivity contribution is 0.706. The van der Waals surface area contributed by atoms with Gasteiger partial charge in [-0.1, -0.05) is 24.3 Å². The molecule has 0 spiro atoms. The lowest BCUT2D eigenvalue weighted by Gasteiger charge is -2.29. The topological polar surface area (TPSA) is 75.0 Å². The molecule has 2 heterocycles. The number of nitrogens with zero attached hydrogens (tertiary/aromatic N) is 2. The number of benzene rings is 1. The van der Waals surface area contributed by atoms with Crippen molar-refractivity contribution in [3.05, 3.63) is 51.9 Å². The van der Waals surface area contributed by atoms with Crippen LogP contribution in [0.3, 0.4) is 0 Å². The Kier molecular flexibility index (Phi) is 2.51. The van der Waals surface area contributed by atoms with E-state index in [2.05, 4.69) is 33.1 Å². The van der Waals surface area contributed by atoms with E-state index in [9.17, 15) is 4.79 Å². The molecule has 0 atom stereocenters. The van der Waals surface area contributed by atoms with E-state index in [-0.39, 0.29) is 11.2 Å². The molecule has 0 saturated carbocycles. The largest absolute Gasteiger partial charge is 0.393 e.